The van der Waals surface area contributed by atoms with Crippen LogP contribution in [0.3, 0.4) is 0 Å². The number of fused-ring (bicyclic) bond motifs is 1. The first kappa shape index (κ1) is 19.3. The van der Waals surface area contributed by atoms with Crippen molar-refractivity contribution >= 4 is 39.8 Å². The van der Waals surface area contributed by atoms with Crippen LogP contribution in [-0.4, -0.2) is 29.2 Å². The van der Waals surface area contributed by atoms with Gasteiger partial charge in [-0.2, -0.15) is 0 Å². The Bertz CT molecular complexity index is 1080. The van der Waals surface area contributed by atoms with Crippen LogP contribution >= 0.6 is 11.8 Å². The number of benzene rings is 3. The van der Waals surface area contributed by atoms with E-state index >= 15 is 0 Å². The van der Waals surface area contributed by atoms with Gasteiger partial charge in [-0.1, -0.05) is 67.6 Å². The standard InChI is InChI=1S/C24H21NO3S/c1-2-17-10-12-18(13-11-17)16-22-23(26)25(24(27)29-22)14-15-28-21-9-5-7-19-6-3-4-8-20(19)21/h3-13,16H,2,14-15H2,1H3/b22-16-. The molecule has 0 radical (unpaired) electrons. The summed E-state index contributed by atoms with van der Waals surface area (Å²) in [5.41, 5.74) is 2.15. The predicted molar refractivity (Wildman–Crippen MR) is 118 cm³/mol. The second-order valence-corrected chi connectivity index (χ2v) is 7.75. The molecule has 3 aromatic rings. The number of rotatable bonds is 6. The normalized spacial score (nSPS) is 15.5. The van der Waals surface area contributed by atoms with Crippen molar-refractivity contribution in [2.45, 2.75) is 13.3 Å². The molecule has 1 fully saturated rings. The van der Waals surface area contributed by atoms with Crippen molar-refractivity contribution in [2.24, 2.45) is 0 Å². The van der Waals surface area contributed by atoms with E-state index in [0.717, 1.165) is 40.3 Å². The number of amides is 2. The van der Waals surface area contributed by atoms with Crippen molar-refractivity contribution in [2.75, 3.05) is 13.2 Å². The van der Waals surface area contributed by atoms with Crippen LogP contribution in [0.5, 0.6) is 5.75 Å². The minimum Gasteiger partial charge on any atom is -0.491 e. The lowest BCUT2D eigenvalue weighted by Gasteiger charge is -2.14. The molecule has 0 saturated carbocycles. The molecule has 2 amide bonds. The second kappa shape index (κ2) is 8.53. The van der Waals surface area contributed by atoms with E-state index in [1.54, 1.807) is 6.08 Å². The summed E-state index contributed by atoms with van der Waals surface area (Å²) in [5, 5.41) is 1.85. The Morgan fingerprint density at radius 1 is 0.966 bits per heavy atom. The van der Waals surface area contributed by atoms with E-state index in [4.69, 9.17) is 4.74 Å². The van der Waals surface area contributed by atoms with E-state index in [1.165, 1.54) is 10.5 Å². The molecular weight excluding hydrogens is 382 g/mol. The summed E-state index contributed by atoms with van der Waals surface area (Å²) in [6.45, 7) is 2.57. The quantitative estimate of drug-likeness (QED) is 0.509. The van der Waals surface area contributed by atoms with Crippen LogP contribution in [-0.2, 0) is 11.2 Å². The molecule has 0 aliphatic carbocycles. The lowest BCUT2D eigenvalue weighted by Crippen LogP contribution is -2.32. The zero-order valence-corrected chi connectivity index (χ0v) is 16.9. The zero-order valence-electron chi connectivity index (χ0n) is 16.1. The first-order valence-corrected chi connectivity index (χ1v) is 10.4. The molecule has 0 atom stereocenters. The molecule has 0 unspecified atom stereocenters. The van der Waals surface area contributed by atoms with Crippen LogP contribution in [0.2, 0.25) is 0 Å². The van der Waals surface area contributed by atoms with Gasteiger partial charge in [-0.05, 0) is 46.8 Å². The van der Waals surface area contributed by atoms with Crippen LogP contribution < -0.4 is 4.74 Å². The van der Waals surface area contributed by atoms with E-state index in [1.807, 2.05) is 66.7 Å². The van der Waals surface area contributed by atoms with Crippen LogP contribution in [0.15, 0.2) is 71.6 Å². The smallest absolute Gasteiger partial charge is 0.293 e. The van der Waals surface area contributed by atoms with Crippen LogP contribution in [0.25, 0.3) is 16.8 Å². The van der Waals surface area contributed by atoms with E-state index in [-0.39, 0.29) is 24.3 Å². The summed E-state index contributed by atoms with van der Waals surface area (Å²) in [6.07, 6.45) is 2.74. The van der Waals surface area contributed by atoms with Gasteiger partial charge in [-0.15, -0.1) is 0 Å². The topological polar surface area (TPSA) is 46.6 Å². The van der Waals surface area contributed by atoms with Crippen molar-refractivity contribution < 1.29 is 14.3 Å². The first-order chi connectivity index (χ1) is 14.2. The molecular formula is C24H21NO3S. The minimum atomic E-state index is -0.263. The number of carbonyl (C=O) groups excluding carboxylic acids is 2. The Balaban J connectivity index is 1.42. The molecule has 3 aromatic carbocycles. The van der Waals surface area contributed by atoms with Gasteiger partial charge in [0.15, 0.2) is 0 Å². The van der Waals surface area contributed by atoms with Gasteiger partial charge in [-0.25, -0.2) is 0 Å². The van der Waals surface area contributed by atoms with Crippen LogP contribution in [0.1, 0.15) is 18.1 Å². The number of hydrogen-bond donors (Lipinski definition) is 0. The third kappa shape index (κ3) is 4.20. The molecule has 1 heterocycles. The van der Waals surface area contributed by atoms with E-state index in [2.05, 4.69) is 6.92 Å². The maximum absolute atomic E-state index is 12.7. The lowest BCUT2D eigenvalue weighted by molar-refractivity contribution is -0.123. The van der Waals surface area contributed by atoms with Crippen molar-refractivity contribution in [3.05, 3.63) is 82.8 Å². The Morgan fingerprint density at radius 3 is 2.52 bits per heavy atom. The summed E-state index contributed by atoms with van der Waals surface area (Å²) in [6, 6.07) is 21.8. The molecule has 0 N–H and O–H groups in total. The lowest BCUT2D eigenvalue weighted by atomic mass is 10.1. The average molecular weight is 404 g/mol. The molecule has 4 nitrogen and oxygen atoms in total. The highest BCUT2D eigenvalue weighted by Gasteiger charge is 2.34. The maximum atomic E-state index is 12.7. The van der Waals surface area contributed by atoms with E-state index in [0.29, 0.717) is 4.91 Å². The Morgan fingerprint density at radius 2 is 1.72 bits per heavy atom. The minimum absolute atomic E-state index is 0.222. The van der Waals surface area contributed by atoms with Crippen LogP contribution in [0.4, 0.5) is 4.79 Å². The first-order valence-electron chi connectivity index (χ1n) is 9.60. The van der Waals surface area contributed by atoms with E-state index < -0.39 is 0 Å². The maximum Gasteiger partial charge on any atom is 0.293 e. The number of aryl methyl sites for hydroxylation is 1. The molecule has 5 heteroatoms. The molecule has 1 aliphatic heterocycles. The molecule has 29 heavy (non-hydrogen) atoms. The van der Waals surface area contributed by atoms with Crippen molar-refractivity contribution in [1.82, 2.24) is 4.90 Å². The van der Waals surface area contributed by atoms with Gasteiger partial charge >= 0.3 is 0 Å². The molecule has 1 aliphatic rings. The van der Waals surface area contributed by atoms with Gasteiger partial charge in [0.25, 0.3) is 11.1 Å². The Labute approximate surface area is 174 Å². The van der Waals surface area contributed by atoms with Crippen molar-refractivity contribution in [1.29, 1.82) is 0 Å². The highest BCUT2D eigenvalue weighted by molar-refractivity contribution is 8.18. The molecule has 0 aromatic heterocycles. The molecule has 4 rings (SSSR count). The molecule has 146 valence electrons. The Hall–Kier alpha value is -3.05. The number of hydrogen-bond acceptors (Lipinski definition) is 4. The monoisotopic (exact) mass is 403 g/mol. The SMILES string of the molecule is CCc1ccc(/C=C2\SC(=O)N(CCOc3cccc4ccccc34)C2=O)cc1. The summed E-state index contributed by atoms with van der Waals surface area (Å²) in [7, 11) is 0. The van der Waals surface area contributed by atoms with Gasteiger partial charge in [0, 0.05) is 5.39 Å². The number of nitrogens with zero attached hydrogens (tertiary/aromatic N) is 1. The largest absolute Gasteiger partial charge is 0.491 e. The third-order valence-corrected chi connectivity index (χ3v) is 5.79. The zero-order chi connectivity index (χ0) is 20.2. The van der Waals surface area contributed by atoms with Gasteiger partial charge < -0.3 is 4.74 Å². The summed E-state index contributed by atoms with van der Waals surface area (Å²) >= 11 is 0.978. The summed E-state index contributed by atoms with van der Waals surface area (Å²) < 4.78 is 5.88. The van der Waals surface area contributed by atoms with E-state index in [9.17, 15) is 9.59 Å². The van der Waals surface area contributed by atoms with Gasteiger partial charge in [0.2, 0.25) is 0 Å². The fourth-order valence-corrected chi connectivity index (χ4v) is 4.13. The Kier molecular flexibility index (Phi) is 5.67. The fourth-order valence-electron chi connectivity index (χ4n) is 3.26. The number of imide groups is 1. The summed E-state index contributed by atoms with van der Waals surface area (Å²) in [4.78, 5) is 26.7. The van der Waals surface area contributed by atoms with Crippen molar-refractivity contribution in [3.63, 3.8) is 0 Å². The number of thioether (sulfide) groups is 1. The fraction of sp³-hybridized carbons (Fsp3) is 0.167. The third-order valence-electron chi connectivity index (χ3n) is 4.88. The highest BCUT2D eigenvalue weighted by Crippen LogP contribution is 2.32. The second-order valence-electron chi connectivity index (χ2n) is 6.75. The predicted octanol–water partition coefficient (Wildman–Crippen LogP) is 5.52. The summed E-state index contributed by atoms with van der Waals surface area (Å²) in [5.74, 6) is 0.489. The van der Waals surface area contributed by atoms with Crippen molar-refractivity contribution in [3.8, 4) is 5.75 Å². The average Bonchev–Trinajstić information content (AvgIpc) is 3.02. The van der Waals surface area contributed by atoms with Crippen LogP contribution in [0, 0.1) is 0 Å². The number of carbonyl (C=O) groups is 2. The molecule has 0 bridgehead atoms. The van der Waals surface area contributed by atoms with Gasteiger partial charge in [-0.3, -0.25) is 14.5 Å². The number of ether oxygens (including phenoxy) is 1. The van der Waals surface area contributed by atoms with Gasteiger partial charge in [0.1, 0.15) is 12.4 Å². The molecule has 1 saturated heterocycles. The van der Waals surface area contributed by atoms with Gasteiger partial charge in [0.05, 0.1) is 11.4 Å². The molecule has 0 spiro atoms. The highest BCUT2D eigenvalue weighted by atomic mass is 32.2.